The summed E-state index contributed by atoms with van der Waals surface area (Å²) < 4.78 is 35.3. The number of pyridine rings is 1. The highest BCUT2D eigenvalue weighted by Crippen LogP contribution is 2.37. The number of imidazole rings is 1. The third-order valence-corrected chi connectivity index (χ3v) is 13.6. The second-order valence-corrected chi connectivity index (χ2v) is 17.3. The number of halogens is 1. The van der Waals surface area contributed by atoms with Crippen LogP contribution < -0.4 is 15.0 Å². The van der Waals surface area contributed by atoms with Gasteiger partial charge < -0.3 is 19.5 Å². The summed E-state index contributed by atoms with van der Waals surface area (Å²) in [5.41, 5.74) is 4.74. The van der Waals surface area contributed by atoms with Gasteiger partial charge in [-0.3, -0.25) is 19.6 Å². The number of aromatic amines is 1. The summed E-state index contributed by atoms with van der Waals surface area (Å²) in [6.07, 6.45) is 7.63. The van der Waals surface area contributed by atoms with Gasteiger partial charge in [0.15, 0.2) is 21.2 Å². The van der Waals surface area contributed by atoms with Gasteiger partial charge in [-0.2, -0.15) is 5.10 Å². The summed E-state index contributed by atoms with van der Waals surface area (Å²) in [6, 6.07) is 14.7. The number of amides is 2. The predicted octanol–water partition coefficient (Wildman–Crippen LogP) is 5.79. The minimum atomic E-state index is -3.52. The number of likely N-dealkylation sites (tertiary alicyclic amines) is 1. The average molecular weight is 771 g/mol. The molecule has 2 N–H and O–H groups in total. The number of sulfone groups is 1. The number of hydrogen-bond donors (Lipinski definition) is 2. The molecular weight excluding hydrogens is 728 g/mol. The van der Waals surface area contributed by atoms with Crippen molar-refractivity contribution in [2.75, 3.05) is 37.6 Å². The molecule has 0 radical (unpaired) electrons. The van der Waals surface area contributed by atoms with Crippen LogP contribution in [0.3, 0.4) is 0 Å². The number of ether oxygens (including phenoxy) is 1. The van der Waals surface area contributed by atoms with Gasteiger partial charge in [0.25, 0.3) is 0 Å². The van der Waals surface area contributed by atoms with Gasteiger partial charge in [-0.1, -0.05) is 23.7 Å². The number of benzene rings is 2. The van der Waals surface area contributed by atoms with Crippen LogP contribution in [0.5, 0.6) is 11.5 Å². The van der Waals surface area contributed by atoms with E-state index < -0.39 is 15.1 Å². The van der Waals surface area contributed by atoms with E-state index in [1.807, 2.05) is 32.3 Å². The highest BCUT2D eigenvalue weighted by Gasteiger charge is 2.33. The topological polar surface area (TPSA) is 155 Å². The molecular formula is C39H43ClN8O5S. The lowest BCUT2D eigenvalue weighted by atomic mass is 9.90. The van der Waals surface area contributed by atoms with E-state index in [-0.39, 0.29) is 22.6 Å². The molecule has 3 aliphatic heterocycles. The van der Waals surface area contributed by atoms with Crippen molar-refractivity contribution in [2.45, 2.75) is 61.5 Å². The largest absolute Gasteiger partial charge is 0.453 e. The SMILES string of the molecule is Cc1nn(C)cc1-c1nc2ncc(Cl)c(Oc3ccc(S(=O)(=O)C4CCN(CC5CCN(c6ccc([C@H]7CCC(=O)NC7=O)cc6)CC5)CC4)cc3)c2[nH]1. The van der Waals surface area contributed by atoms with E-state index in [1.165, 1.54) is 6.20 Å². The predicted molar refractivity (Wildman–Crippen MR) is 206 cm³/mol. The molecule has 6 heterocycles. The van der Waals surface area contributed by atoms with Gasteiger partial charge in [-0.25, -0.2) is 18.4 Å². The van der Waals surface area contributed by atoms with Gasteiger partial charge in [0.2, 0.25) is 11.8 Å². The third kappa shape index (κ3) is 7.34. The molecule has 282 valence electrons. The van der Waals surface area contributed by atoms with Crippen LogP contribution in [-0.4, -0.2) is 87.8 Å². The first-order valence-electron chi connectivity index (χ1n) is 18.5. The quantitative estimate of drug-likeness (QED) is 0.176. The van der Waals surface area contributed by atoms with Crippen molar-refractivity contribution < 1.29 is 22.7 Å². The van der Waals surface area contributed by atoms with E-state index in [2.05, 4.69) is 47.3 Å². The Balaban J connectivity index is 0.831. The first-order chi connectivity index (χ1) is 26.0. The summed E-state index contributed by atoms with van der Waals surface area (Å²) in [5, 5.41) is 6.71. The van der Waals surface area contributed by atoms with Crippen molar-refractivity contribution in [3.63, 3.8) is 0 Å². The van der Waals surface area contributed by atoms with E-state index in [1.54, 1.807) is 28.9 Å². The molecule has 3 aromatic heterocycles. The summed E-state index contributed by atoms with van der Waals surface area (Å²) in [6.45, 7) is 6.31. The van der Waals surface area contributed by atoms with Crippen LogP contribution >= 0.6 is 11.6 Å². The Bertz CT molecular complexity index is 2290. The zero-order chi connectivity index (χ0) is 37.6. The van der Waals surface area contributed by atoms with Crippen molar-refractivity contribution in [1.82, 2.24) is 34.9 Å². The van der Waals surface area contributed by atoms with Gasteiger partial charge in [-0.15, -0.1) is 0 Å². The molecule has 13 nitrogen and oxygen atoms in total. The molecule has 5 aromatic rings. The van der Waals surface area contributed by atoms with E-state index in [4.69, 9.17) is 16.3 Å². The smallest absolute Gasteiger partial charge is 0.234 e. The summed E-state index contributed by atoms with van der Waals surface area (Å²) in [7, 11) is -1.67. The van der Waals surface area contributed by atoms with Gasteiger partial charge in [0, 0.05) is 45.0 Å². The molecule has 0 bridgehead atoms. The molecule has 3 aliphatic rings. The lowest BCUT2D eigenvalue weighted by molar-refractivity contribution is -0.134. The Hall–Kier alpha value is -4.79. The molecule has 3 saturated heterocycles. The van der Waals surface area contributed by atoms with Crippen molar-refractivity contribution in [1.29, 1.82) is 0 Å². The molecule has 2 amide bonds. The summed E-state index contributed by atoms with van der Waals surface area (Å²) >= 11 is 6.52. The number of carbonyl (C=O) groups is 2. The standard InChI is InChI=1S/C39H43ClN8O5S/c1-24-32(23-46(2)45-24)37-43-35-36(33(40)21-41-38(35)44-37)53-28-7-9-29(10-8-28)54(51,52)30-15-17-47(18-16-30)22-25-13-19-48(20-14-25)27-5-3-26(4-6-27)31-11-12-34(49)42-39(31)50/h3-10,21,23,25,30-31H,11-20,22H2,1-2H3,(H,41,43,44)(H,42,49,50)/t31-/m1/s1. The number of nitrogens with zero attached hydrogens (tertiary/aromatic N) is 6. The first-order valence-corrected chi connectivity index (χ1v) is 20.4. The molecule has 8 rings (SSSR count). The molecule has 2 aromatic carbocycles. The Morgan fingerprint density at radius 1 is 0.944 bits per heavy atom. The number of piperidine rings is 3. The number of aryl methyl sites for hydroxylation is 2. The van der Waals surface area contributed by atoms with Gasteiger partial charge in [-0.05, 0) is 100.0 Å². The minimum Gasteiger partial charge on any atom is -0.453 e. The number of H-pyrrole nitrogens is 1. The maximum Gasteiger partial charge on any atom is 0.234 e. The number of hydrogen-bond acceptors (Lipinski definition) is 10. The van der Waals surface area contributed by atoms with Gasteiger partial charge in [0.05, 0.1) is 33.5 Å². The van der Waals surface area contributed by atoms with Crippen molar-refractivity contribution in [3.8, 4) is 22.9 Å². The monoisotopic (exact) mass is 770 g/mol. The normalized spacial score (nSPS) is 19.4. The van der Waals surface area contributed by atoms with E-state index in [0.29, 0.717) is 65.1 Å². The second-order valence-electron chi connectivity index (χ2n) is 14.7. The number of nitrogens with one attached hydrogen (secondary N) is 2. The fourth-order valence-corrected chi connectivity index (χ4v) is 9.96. The fraction of sp³-hybridized carbons (Fsp3) is 0.410. The number of anilines is 1. The van der Waals surface area contributed by atoms with Crippen molar-refractivity contribution >= 4 is 50.1 Å². The van der Waals surface area contributed by atoms with Crippen LogP contribution in [0.15, 0.2) is 65.8 Å². The molecule has 54 heavy (non-hydrogen) atoms. The summed E-state index contributed by atoms with van der Waals surface area (Å²) in [4.78, 5) is 41.1. The van der Waals surface area contributed by atoms with Crippen molar-refractivity contribution in [3.05, 3.63) is 77.2 Å². The maximum atomic E-state index is 13.7. The molecule has 0 spiro atoms. The molecule has 1 atom stereocenters. The average Bonchev–Trinajstić information content (AvgIpc) is 3.75. The lowest BCUT2D eigenvalue weighted by Gasteiger charge is -2.38. The van der Waals surface area contributed by atoms with Crippen LogP contribution in [0.4, 0.5) is 5.69 Å². The number of carbonyl (C=O) groups excluding carboxylic acids is 2. The minimum absolute atomic E-state index is 0.198. The number of rotatable bonds is 9. The highest BCUT2D eigenvalue weighted by molar-refractivity contribution is 7.92. The van der Waals surface area contributed by atoms with Gasteiger partial charge in [0.1, 0.15) is 22.1 Å². The lowest BCUT2D eigenvalue weighted by Crippen LogP contribution is -2.43. The van der Waals surface area contributed by atoms with Crippen LogP contribution in [0.2, 0.25) is 5.02 Å². The zero-order valence-corrected chi connectivity index (χ0v) is 31.9. The number of imide groups is 1. The molecule has 3 fully saturated rings. The van der Waals surface area contributed by atoms with Crippen LogP contribution in [0, 0.1) is 12.8 Å². The van der Waals surface area contributed by atoms with E-state index in [9.17, 15) is 18.0 Å². The number of aromatic nitrogens is 5. The van der Waals surface area contributed by atoms with E-state index >= 15 is 0 Å². The third-order valence-electron chi connectivity index (χ3n) is 11.1. The second kappa shape index (κ2) is 14.8. The number of fused-ring (bicyclic) bond motifs is 1. The Labute approximate surface area is 319 Å². The van der Waals surface area contributed by atoms with Gasteiger partial charge >= 0.3 is 0 Å². The molecule has 0 saturated carbocycles. The molecule has 15 heteroatoms. The fourth-order valence-electron chi connectivity index (χ4n) is 8.05. The highest BCUT2D eigenvalue weighted by atomic mass is 35.5. The van der Waals surface area contributed by atoms with E-state index in [0.717, 1.165) is 68.1 Å². The molecule has 0 aliphatic carbocycles. The van der Waals surface area contributed by atoms with Crippen molar-refractivity contribution in [2.24, 2.45) is 13.0 Å². The summed E-state index contributed by atoms with van der Waals surface area (Å²) in [5.74, 6) is 1.29. The zero-order valence-electron chi connectivity index (χ0n) is 30.3. The Morgan fingerprint density at radius 3 is 2.33 bits per heavy atom. The van der Waals surface area contributed by atoms with Crippen LogP contribution in [-0.2, 0) is 26.5 Å². The first kappa shape index (κ1) is 36.2. The van der Waals surface area contributed by atoms with Crippen LogP contribution in [0.25, 0.3) is 22.6 Å². The molecule has 0 unspecified atom stereocenters. The van der Waals surface area contributed by atoms with Crippen LogP contribution in [0.1, 0.15) is 55.7 Å². The Morgan fingerprint density at radius 2 is 1.67 bits per heavy atom. The Kier molecular flexibility index (Phi) is 9.92. The maximum absolute atomic E-state index is 13.7.